The second-order valence-corrected chi connectivity index (χ2v) is 5.65. The van der Waals surface area contributed by atoms with E-state index in [0.717, 1.165) is 24.4 Å². The molecular weight excluding hydrogens is 291 g/mol. The molecule has 2 rings (SSSR count). The highest BCUT2D eigenvalue weighted by atomic mass is 32.1. The summed E-state index contributed by atoms with van der Waals surface area (Å²) in [6, 6.07) is 5.80. The lowest BCUT2D eigenvalue weighted by Crippen LogP contribution is -2.08. The van der Waals surface area contributed by atoms with Crippen molar-refractivity contribution in [2.24, 2.45) is 5.92 Å². The predicted molar refractivity (Wildman–Crippen MR) is 79.7 cm³/mol. The minimum absolute atomic E-state index is 0.334. The Morgan fingerprint density at radius 1 is 1.38 bits per heavy atom. The molecular formula is C15H17FN2O2S. The number of benzene rings is 1. The van der Waals surface area contributed by atoms with E-state index in [1.165, 1.54) is 12.1 Å². The van der Waals surface area contributed by atoms with Crippen molar-refractivity contribution in [2.75, 3.05) is 6.61 Å². The van der Waals surface area contributed by atoms with Gasteiger partial charge in [-0.15, -0.1) is 5.10 Å². The van der Waals surface area contributed by atoms with E-state index in [1.54, 1.807) is 12.1 Å². The largest absolute Gasteiger partial charge is 0.461 e. The smallest absolute Gasteiger partial charge is 0.352 e. The van der Waals surface area contributed by atoms with Gasteiger partial charge in [-0.25, -0.2) is 9.18 Å². The number of carbonyl (C=O) groups excluding carboxylic acids is 1. The van der Waals surface area contributed by atoms with Crippen molar-refractivity contribution in [3.05, 3.63) is 35.0 Å². The number of halogens is 1. The molecule has 0 unspecified atom stereocenters. The van der Waals surface area contributed by atoms with Crippen molar-refractivity contribution in [1.82, 2.24) is 9.59 Å². The first-order chi connectivity index (χ1) is 10.1. The van der Waals surface area contributed by atoms with Crippen molar-refractivity contribution in [3.63, 3.8) is 0 Å². The normalized spacial score (nSPS) is 12.1. The number of rotatable bonds is 6. The van der Waals surface area contributed by atoms with Crippen molar-refractivity contribution < 1.29 is 13.9 Å². The molecule has 6 heteroatoms. The van der Waals surface area contributed by atoms with Gasteiger partial charge in [0.05, 0.1) is 6.61 Å². The Labute approximate surface area is 127 Å². The molecule has 0 amide bonds. The average Bonchev–Trinajstić information content (AvgIpc) is 2.97. The van der Waals surface area contributed by atoms with Gasteiger partial charge in [-0.1, -0.05) is 24.8 Å². The third-order valence-electron chi connectivity index (χ3n) is 3.33. The van der Waals surface area contributed by atoms with Gasteiger partial charge in [-0.3, -0.25) is 0 Å². The summed E-state index contributed by atoms with van der Waals surface area (Å²) in [5.74, 6) is -0.235. The Bertz CT molecular complexity index is 598. The number of esters is 1. The molecule has 1 aromatic heterocycles. The zero-order valence-corrected chi connectivity index (χ0v) is 12.8. The van der Waals surface area contributed by atoms with Gasteiger partial charge in [-0.2, -0.15) is 0 Å². The summed E-state index contributed by atoms with van der Waals surface area (Å²) < 4.78 is 22.0. The van der Waals surface area contributed by atoms with Crippen LogP contribution < -0.4 is 0 Å². The van der Waals surface area contributed by atoms with Crippen LogP contribution in [0.1, 0.15) is 36.4 Å². The fourth-order valence-corrected chi connectivity index (χ4v) is 2.33. The summed E-state index contributed by atoms with van der Waals surface area (Å²) in [6.45, 7) is 4.60. The predicted octanol–water partition coefficient (Wildman–Crippen LogP) is 3.94. The molecule has 1 atom stereocenters. The molecule has 0 aliphatic heterocycles. The summed E-state index contributed by atoms with van der Waals surface area (Å²) in [6.07, 6.45) is 1.89. The quantitative estimate of drug-likeness (QED) is 0.759. The molecule has 0 N–H and O–H groups in total. The third-order valence-corrected chi connectivity index (χ3v) is 4.04. The molecule has 0 aliphatic rings. The molecule has 1 aromatic carbocycles. The van der Waals surface area contributed by atoms with Crippen LogP contribution >= 0.6 is 11.5 Å². The first-order valence-corrected chi connectivity index (χ1v) is 7.64. The van der Waals surface area contributed by atoms with E-state index in [1.807, 2.05) is 0 Å². The summed E-state index contributed by atoms with van der Waals surface area (Å²) in [4.78, 5) is 12.4. The summed E-state index contributed by atoms with van der Waals surface area (Å²) in [5.41, 5.74) is 1.09. The SMILES string of the molecule is CC[C@H](C)CCOC(=O)c1snnc1-c1ccc(F)cc1. The Kier molecular flexibility index (Phi) is 5.38. The topological polar surface area (TPSA) is 52.1 Å². The third kappa shape index (κ3) is 4.07. The number of ether oxygens (including phenoxy) is 1. The van der Waals surface area contributed by atoms with E-state index in [9.17, 15) is 9.18 Å². The second-order valence-electron chi connectivity index (χ2n) is 4.90. The van der Waals surface area contributed by atoms with Crippen LogP contribution in [0.5, 0.6) is 0 Å². The lowest BCUT2D eigenvalue weighted by molar-refractivity contribution is 0.0491. The van der Waals surface area contributed by atoms with Crippen LogP contribution in [0.15, 0.2) is 24.3 Å². The van der Waals surface area contributed by atoms with E-state index in [4.69, 9.17) is 4.74 Å². The van der Waals surface area contributed by atoms with Gasteiger partial charge in [0, 0.05) is 5.56 Å². The maximum absolute atomic E-state index is 12.9. The minimum atomic E-state index is -0.423. The second kappa shape index (κ2) is 7.26. The Morgan fingerprint density at radius 2 is 2.10 bits per heavy atom. The summed E-state index contributed by atoms with van der Waals surface area (Å²) >= 11 is 0.992. The molecule has 2 aromatic rings. The van der Waals surface area contributed by atoms with Gasteiger partial charge < -0.3 is 4.74 Å². The standard InChI is InChI=1S/C15H17FN2O2S/c1-3-10(2)8-9-20-15(19)14-13(17-18-21-14)11-4-6-12(16)7-5-11/h4-7,10H,3,8-9H2,1-2H3/t10-/m0/s1. The van der Waals surface area contributed by atoms with Crippen molar-refractivity contribution in [2.45, 2.75) is 26.7 Å². The van der Waals surface area contributed by atoms with Gasteiger partial charge >= 0.3 is 5.97 Å². The Morgan fingerprint density at radius 3 is 2.76 bits per heavy atom. The van der Waals surface area contributed by atoms with E-state index in [0.29, 0.717) is 28.7 Å². The van der Waals surface area contributed by atoms with Crippen LogP contribution in [0.3, 0.4) is 0 Å². The van der Waals surface area contributed by atoms with Gasteiger partial charge in [0.15, 0.2) is 4.88 Å². The maximum atomic E-state index is 12.9. The van der Waals surface area contributed by atoms with Gasteiger partial charge in [0.25, 0.3) is 0 Å². The molecule has 0 fully saturated rings. The maximum Gasteiger partial charge on any atom is 0.352 e. The minimum Gasteiger partial charge on any atom is -0.461 e. The molecule has 4 nitrogen and oxygen atoms in total. The van der Waals surface area contributed by atoms with Crippen LogP contribution in [-0.2, 0) is 4.74 Å². The Balaban J connectivity index is 2.06. The molecule has 0 aliphatic carbocycles. The van der Waals surface area contributed by atoms with E-state index >= 15 is 0 Å². The van der Waals surface area contributed by atoms with E-state index in [-0.39, 0.29) is 5.82 Å². The fourth-order valence-electron chi connectivity index (χ4n) is 1.74. The fraction of sp³-hybridized carbons (Fsp3) is 0.400. The monoisotopic (exact) mass is 308 g/mol. The molecule has 0 saturated carbocycles. The molecule has 21 heavy (non-hydrogen) atoms. The molecule has 0 radical (unpaired) electrons. The van der Waals surface area contributed by atoms with Crippen LogP contribution in [0.2, 0.25) is 0 Å². The number of carbonyl (C=O) groups is 1. The molecule has 0 saturated heterocycles. The molecule has 1 heterocycles. The van der Waals surface area contributed by atoms with Gasteiger partial charge in [0.1, 0.15) is 11.5 Å². The lowest BCUT2D eigenvalue weighted by Gasteiger charge is -2.08. The van der Waals surface area contributed by atoms with Crippen molar-refractivity contribution >= 4 is 17.5 Å². The van der Waals surface area contributed by atoms with E-state index < -0.39 is 5.97 Å². The van der Waals surface area contributed by atoms with Gasteiger partial charge in [0.2, 0.25) is 0 Å². The highest BCUT2D eigenvalue weighted by Crippen LogP contribution is 2.25. The van der Waals surface area contributed by atoms with Crippen LogP contribution in [0, 0.1) is 11.7 Å². The van der Waals surface area contributed by atoms with E-state index in [2.05, 4.69) is 23.4 Å². The highest BCUT2D eigenvalue weighted by Gasteiger charge is 2.19. The summed E-state index contributed by atoms with van der Waals surface area (Å²) in [5, 5.41) is 3.94. The first-order valence-electron chi connectivity index (χ1n) is 6.87. The number of hydrogen-bond donors (Lipinski definition) is 0. The first kappa shape index (κ1) is 15.6. The van der Waals surface area contributed by atoms with Crippen LogP contribution in [-0.4, -0.2) is 22.2 Å². The molecule has 0 bridgehead atoms. The Hall–Kier alpha value is -1.82. The van der Waals surface area contributed by atoms with Gasteiger partial charge in [-0.05, 0) is 48.1 Å². The lowest BCUT2D eigenvalue weighted by atomic mass is 10.1. The number of aromatic nitrogens is 2. The number of hydrogen-bond acceptors (Lipinski definition) is 5. The highest BCUT2D eigenvalue weighted by molar-refractivity contribution is 7.08. The summed E-state index contributed by atoms with van der Waals surface area (Å²) in [7, 11) is 0. The van der Waals surface area contributed by atoms with Crippen molar-refractivity contribution in [1.29, 1.82) is 0 Å². The molecule has 112 valence electrons. The molecule has 0 spiro atoms. The zero-order valence-electron chi connectivity index (χ0n) is 12.0. The zero-order chi connectivity index (χ0) is 15.2. The van der Waals surface area contributed by atoms with Crippen LogP contribution in [0.25, 0.3) is 11.3 Å². The number of nitrogens with zero attached hydrogens (tertiary/aromatic N) is 2. The van der Waals surface area contributed by atoms with Crippen molar-refractivity contribution in [3.8, 4) is 11.3 Å². The average molecular weight is 308 g/mol. The van der Waals surface area contributed by atoms with Crippen LogP contribution in [0.4, 0.5) is 4.39 Å².